The van der Waals surface area contributed by atoms with E-state index in [4.69, 9.17) is 0 Å². The van der Waals surface area contributed by atoms with E-state index in [9.17, 15) is 4.79 Å². The molecule has 4 rings (SSSR count). The highest BCUT2D eigenvalue weighted by atomic mass is 32.1. The van der Waals surface area contributed by atoms with E-state index in [1.165, 1.54) is 37.0 Å². The number of carbonyl (C=O) groups is 1. The molecular weight excluding hydrogens is 270 g/mol. The number of rotatable bonds is 1. The number of likely N-dealkylation sites (tertiary alicyclic amines) is 1. The lowest BCUT2D eigenvalue weighted by atomic mass is 9.72. The first-order chi connectivity index (χ1) is 9.70. The fourth-order valence-electron chi connectivity index (χ4n) is 4.71. The lowest BCUT2D eigenvalue weighted by Crippen LogP contribution is -2.51. The van der Waals surface area contributed by atoms with Crippen molar-refractivity contribution in [3.8, 4) is 0 Å². The predicted molar refractivity (Wildman–Crippen MR) is 78.8 cm³/mol. The molecule has 1 amide bonds. The van der Waals surface area contributed by atoms with Crippen molar-refractivity contribution in [2.24, 2.45) is 5.41 Å². The normalized spacial score (nSPS) is 39.6. The Morgan fingerprint density at radius 3 is 3.15 bits per heavy atom. The van der Waals surface area contributed by atoms with Crippen LogP contribution in [0.2, 0.25) is 0 Å². The van der Waals surface area contributed by atoms with Crippen LogP contribution < -0.4 is 5.32 Å². The maximum absolute atomic E-state index is 12.9. The van der Waals surface area contributed by atoms with Crippen LogP contribution in [-0.4, -0.2) is 40.5 Å². The third kappa shape index (κ3) is 1.69. The van der Waals surface area contributed by atoms with Gasteiger partial charge >= 0.3 is 0 Å². The van der Waals surface area contributed by atoms with Gasteiger partial charge in [0.05, 0.1) is 11.7 Å². The second-order valence-electron chi connectivity index (χ2n) is 6.70. The Morgan fingerprint density at radius 1 is 1.50 bits per heavy atom. The van der Waals surface area contributed by atoms with E-state index >= 15 is 0 Å². The van der Waals surface area contributed by atoms with E-state index in [0.717, 1.165) is 17.8 Å². The molecule has 3 heterocycles. The Kier molecular flexibility index (Phi) is 2.89. The molecule has 0 aromatic carbocycles. The predicted octanol–water partition coefficient (Wildman–Crippen LogP) is 2.28. The number of aromatic nitrogens is 1. The van der Waals surface area contributed by atoms with E-state index in [2.05, 4.69) is 22.1 Å². The quantitative estimate of drug-likeness (QED) is 0.863. The SMILES string of the molecule is C[C@@]12C[C@H]3CN[C@@H]1CCCC[C@@H]2N3C(=O)c1cncs1. The lowest BCUT2D eigenvalue weighted by Gasteiger charge is -2.39. The Labute approximate surface area is 123 Å². The molecule has 1 aromatic rings. The van der Waals surface area contributed by atoms with Crippen LogP contribution in [0.3, 0.4) is 0 Å². The first kappa shape index (κ1) is 12.8. The number of nitrogens with zero attached hydrogens (tertiary/aromatic N) is 2. The molecule has 0 unspecified atom stereocenters. The Bertz CT molecular complexity index is 517. The number of hydrogen-bond donors (Lipinski definition) is 1. The highest BCUT2D eigenvalue weighted by molar-refractivity contribution is 7.11. The average Bonchev–Trinajstić information content (AvgIpc) is 3.00. The van der Waals surface area contributed by atoms with Gasteiger partial charge in [-0.15, -0.1) is 11.3 Å². The van der Waals surface area contributed by atoms with E-state index < -0.39 is 0 Å². The minimum atomic E-state index is 0.204. The van der Waals surface area contributed by atoms with Gasteiger partial charge in [0, 0.05) is 30.1 Å². The topological polar surface area (TPSA) is 45.2 Å². The highest BCUT2D eigenvalue weighted by Gasteiger charge is 2.57. The summed E-state index contributed by atoms with van der Waals surface area (Å²) in [5, 5.41) is 3.72. The van der Waals surface area contributed by atoms with Crippen LogP contribution in [0.4, 0.5) is 0 Å². The molecule has 2 aliphatic heterocycles. The minimum absolute atomic E-state index is 0.204. The molecule has 108 valence electrons. The van der Waals surface area contributed by atoms with Crippen molar-refractivity contribution in [3.05, 3.63) is 16.6 Å². The second-order valence-corrected chi connectivity index (χ2v) is 7.59. The number of fused-ring (bicyclic) bond motifs is 1. The van der Waals surface area contributed by atoms with Crippen LogP contribution in [0.1, 0.15) is 48.7 Å². The minimum Gasteiger partial charge on any atom is -0.330 e. The molecule has 1 N–H and O–H groups in total. The zero-order chi connectivity index (χ0) is 13.7. The zero-order valence-electron chi connectivity index (χ0n) is 11.8. The smallest absolute Gasteiger partial charge is 0.266 e. The summed E-state index contributed by atoms with van der Waals surface area (Å²) in [5.41, 5.74) is 2.02. The van der Waals surface area contributed by atoms with Crippen molar-refractivity contribution in [3.63, 3.8) is 0 Å². The first-order valence-electron chi connectivity index (χ1n) is 7.65. The van der Waals surface area contributed by atoms with Crippen LogP contribution in [0.15, 0.2) is 11.7 Å². The van der Waals surface area contributed by atoms with Crippen molar-refractivity contribution in [1.82, 2.24) is 15.2 Å². The summed E-state index contributed by atoms with van der Waals surface area (Å²) in [5.74, 6) is 0.204. The van der Waals surface area contributed by atoms with Crippen LogP contribution in [-0.2, 0) is 0 Å². The molecule has 5 heteroatoms. The maximum atomic E-state index is 12.9. The molecule has 4 nitrogen and oxygen atoms in total. The average molecular weight is 291 g/mol. The fourth-order valence-corrected chi connectivity index (χ4v) is 5.28. The molecule has 0 radical (unpaired) electrons. The van der Waals surface area contributed by atoms with Crippen molar-refractivity contribution in [2.45, 2.75) is 57.2 Å². The van der Waals surface area contributed by atoms with Crippen LogP contribution in [0.5, 0.6) is 0 Å². The first-order valence-corrected chi connectivity index (χ1v) is 8.52. The second kappa shape index (κ2) is 4.53. The van der Waals surface area contributed by atoms with Crippen LogP contribution >= 0.6 is 11.3 Å². The van der Waals surface area contributed by atoms with Crippen LogP contribution in [0.25, 0.3) is 0 Å². The Morgan fingerprint density at radius 2 is 2.35 bits per heavy atom. The summed E-state index contributed by atoms with van der Waals surface area (Å²) in [6.07, 6.45) is 7.85. The molecule has 1 saturated carbocycles. The summed E-state index contributed by atoms with van der Waals surface area (Å²) in [4.78, 5) is 19.9. The lowest BCUT2D eigenvalue weighted by molar-refractivity contribution is 0.0633. The number of amides is 1. The summed E-state index contributed by atoms with van der Waals surface area (Å²) in [7, 11) is 0. The number of hydrogen-bond acceptors (Lipinski definition) is 4. The summed E-state index contributed by atoms with van der Waals surface area (Å²) in [6, 6.07) is 1.36. The molecule has 2 saturated heterocycles. The summed E-state index contributed by atoms with van der Waals surface area (Å²) >= 11 is 1.46. The van der Waals surface area contributed by atoms with E-state index in [1.54, 1.807) is 11.7 Å². The standard InChI is InChI=1S/C15H21N3OS/c1-15-6-10-7-17-12(15)4-2-3-5-13(15)18(10)14(19)11-8-16-9-20-11/h8-10,12-13,17H,2-7H2,1H3/t10-,12+,13-,15+/m0/s1. The molecule has 3 aliphatic rings. The van der Waals surface area contributed by atoms with Crippen molar-refractivity contribution in [1.29, 1.82) is 0 Å². The summed E-state index contributed by atoms with van der Waals surface area (Å²) in [6.45, 7) is 3.36. The highest BCUT2D eigenvalue weighted by Crippen LogP contribution is 2.50. The van der Waals surface area contributed by atoms with Gasteiger partial charge in [-0.05, 0) is 19.3 Å². The largest absolute Gasteiger partial charge is 0.330 e. The third-order valence-corrected chi connectivity index (χ3v) is 6.42. The zero-order valence-corrected chi connectivity index (χ0v) is 12.7. The molecule has 1 aromatic heterocycles. The molecule has 20 heavy (non-hydrogen) atoms. The van der Waals surface area contributed by atoms with Gasteiger partial charge in [-0.25, -0.2) is 0 Å². The van der Waals surface area contributed by atoms with Gasteiger partial charge in [0.15, 0.2) is 0 Å². The van der Waals surface area contributed by atoms with E-state index in [0.29, 0.717) is 18.1 Å². The number of piperidine rings is 1. The molecular formula is C15H21N3OS. The van der Waals surface area contributed by atoms with Gasteiger partial charge in [0.1, 0.15) is 4.88 Å². The van der Waals surface area contributed by atoms with Crippen LogP contribution in [0, 0.1) is 5.41 Å². The summed E-state index contributed by atoms with van der Waals surface area (Å²) < 4.78 is 0. The molecule has 0 spiro atoms. The van der Waals surface area contributed by atoms with Gasteiger partial charge in [0.2, 0.25) is 0 Å². The Hall–Kier alpha value is -0.940. The number of carbonyl (C=O) groups excluding carboxylic acids is 1. The number of thiazole rings is 1. The monoisotopic (exact) mass is 291 g/mol. The molecule has 1 aliphatic carbocycles. The number of nitrogens with one attached hydrogen (secondary N) is 1. The third-order valence-electron chi connectivity index (χ3n) is 5.66. The van der Waals surface area contributed by atoms with Crippen molar-refractivity contribution < 1.29 is 4.79 Å². The van der Waals surface area contributed by atoms with Crippen molar-refractivity contribution >= 4 is 17.2 Å². The van der Waals surface area contributed by atoms with Gasteiger partial charge in [0.25, 0.3) is 5.91 Å². The van der Waals surface area contributed by atoms with Gasteiger partial charge < -0.3 is 10.2 Å². The fraction of sp³-hybridized carbons (Fsp3) is 0.733. The van der Waals surface area contributed by atoms with E-state index in [-0.39, 0.29) is 11.3 Å². The van der Waals surface area contributed by atoms with E-state index in [1.807, 2.05) is 0 Å². The Balaban J connectivity index is 1.72. The molecule has 3 fully saturated rings. The maximum Gasteiger partial charge on any atom is 0.266 e. The van der Waals surface area contributed by atoms with Gasteiger partial charge in [-0.3, -0.25) is 9.78 Å². The molecule has 2 bridgehead atoms. The van der Waals surface area contributed by atoms with Gasteiger partial charge in [-0.1, -0.05) is 19.8 Å². The van der Waals surface area contributed by atoms with Gasteiger partial charge in [-0.2, -0.15) is 0 Å². The van der Waals surface area contributed by atoms with Crippen molar-refractivity contribution in [2.75, 3.05) is 6.54 Å². The molecule has 4 atom stereocenters.